The lowest BCUT2D eigenvalue weighted by Gasteiger charge is -2.18. The maximum Gasteiger partial charge on any atom is 0.150 e. The minimum Gasteiger partial charge on any atom is -0.390 e. The second-order valence-corrected chi connectivity index (χ2v) is 3.76. The minimum atomic E-state index is -1.16. The van der Waals surface area contributed by atoms with Gasteiger partial charge in [0.2, 0.25) is 0 Å². The number of aldehydes is 2. The molecule has 2 atom stereocenters. The van der Waals surface area contributed by atoms with Crippen LogP contribution in [0.1, 0.15) is 38.8 Å². The van der Waals surface area contributed by atoms with E-state index in [1.165, 1.54) is 18.2 Å². The number of aliphatic hydroxyl groups excluding tert-OH is 2. The Kier molecular flexibility index (Phi) is 4.96. The molecule has 0 heterocycles. The average Bonchev–Trinajstić information content (AvgIpc) is 2.37. The fourth-order valence-electron chi connectivity index (χ4n) is 1.56. The number of benzene rings is 1. The summed E-state index contributed by atoms with van der Waals surface area (Å²) in [4.78, 5) is 21.3. The molecule has 4 N–H and O–H groups in total. The highest BCUT2D eigenvalue weighted by atomic mass is 16.3. The zero-order chi connectivity index (χ0) is 12.8. The fraction of sp³-hybridized carbons (Fsp3) is 0.333. The molecule has 0 aliphatic carbocycles. The largest absolute Gasteiger partial charge is 0.390 e. The topological polar surface area (TPSA) is 101 Å². The Hall–Kier alpha value is -1.56. The second-order valence-electron chi connectivity index (χ2n) is 3.76. The van der Waals surface area contributed by atoms with E-state index in [4.69, 9.17) is 5.73 Å². The van der Waals surface area contributed by atoms with Gasteiger partial charge in [-0.1, -0.05) is 0 Å². The van der Waals surface area contributed by atoms with E-state index in [1.807, 2.05) is 0 Å². The predicted molar refractivity (Wildman–Crippen MR) is 61.9 cm³/mol. The van der Waals surface area contributed by atoms with Gasteiger partial charge >= 0.3 is 0 Å². The lowest BCUT2D eigenvalue weighted by molar-refractivity contribution is 0.0150. The summed E-state index contributed by atoms with van der Waals surface area (Å²) >= 11 is 0. The van der Waals surface area contributed by atoms with Crippen molar-refractivity contribution in [1.82, 2.24) is 0 Å². The minimum absolute atomic E-state index is 0.239. The number of rotatable bonds is 6. The molecule has 1 aromatic carbocycles. The van der Waals surface area contributed by atoms with Crippen LogP contribution in [-0.2, 0) is 0 Å². The van der Waals surface area contributed by atoms with Gasteiger partial charge in [0, 0.05) is 11.1 Å². The van der Waals surface area contributed by atoms with E-state index in [0.29, 0.717) is 18.1 Å². The van der Waals surface area contributed by atoms with Gasteiger partial charge in [-0.25, -0.2) is 0 Å². The van der Waals surface area contributed by atoms with Crippen molar-refractivity contribution in [3.05, 3.63) is 34.9 Å². The average molecular weight is 237 g/mol. The first-order valence-corrected chi connectivity index (χ1v) is 5.24. The predicted octanol–water partition coefficient (Wildman–Crippen LogP) is 0.0547. The summed E-state index contributed by atoms with van der Waals surface area (Å²) in [6, 6.07) is 4.28. The maximum absolute atomic E-state index is 10.7. The molecule has 1 aromatic rings. The molecule has 0 fully saturated rings. The van der Waals surface area contributed by atoms with Crippen LogP contribution in [0.5, 0.6) is 0 Å². The van der Waals surface area contributed by atoms with Crippen molar-refractivity contribution in [2.45, 2.75) is 18.6 Å². The van der Waals surface area contributed by atoms with Crippen LogP contribution >= 0.6 is 0 Å². The molecule has 0 spiro atoms. The van der Waals surface area contributed by atoms with Gasteiger partial charge in [0.25, 0.3) is 0 Å². The maximum atomic E-state index is 10.7. The summed E-state index contributed by atoms with van der Waals surface area (Å²) in [7, 11) is 0. The molecule has 2 unspecified atom stereocenters. The number of carbonyl (C=O) groups excluding carboxylic acids is 2. The van der Waals surface area contributed by atoms with Crippen LogP contribution < -0.4 is 5.73 Å². The number of nitrogens with two attached hydrogens (primary N) is 1. The third-order valence-corrected chi connectivity index (χ3v) is 2.44. The van der Waals surface area contributed by atoms with Crippen molar-refractivity contribution in [2.24, 2.45) is 5.73 Å². The standard InChI is InChI=1S/C12H15NO4/c13-2-1-11(16)12(17)10-4-8(6-14)3-9(5-10)7-15/h3-7,11-12,16-17H,1-2,13H2. The summed E-state index contributed by atoms with van der Waals surface area (Å²) in [5.74, 6) is 0. The zero-order valence-corrected chi connectivity index (χ0v) is 9.24. The van der Waals surface area contributed by atoms with Crippen LogP contribution in [-0.4, -0.2) is 35.4 Å². The van der Waals surface area contributed by atoms with Crippen molar-refractivity contribution in [3.8, 4) is 0 Å². The summed E-state index contributed by atoms with van der Waals surface area (Å²) in [5.41, 5.74) is 6.17. The Morgan fingerprint density at radius 2 is 1.65 bits per heavy atom. The third-order valence-electron chi connectivity index (χ3n) is 2.44. The van der Waals surface area contributed by atoms with E-state index >= 15 is 0 Å². The molecule has 17 heavy (non-hydrogen) atoms. The van der Waals surface area contributed by atoms with Crippen LogP contribution in [0.2, 0.25) is 0 Å². The van der Waals surface area contributed by atoms with Gasteiger partial charge in [0.15, 0.2) is 0 Å². The molecule has 5 nitrogen and oxygen atoms in total. The molecule has 0 saturated heterocycles. The van der Waals surface area contributed by atoms with Crippen LogP contribution in [0.3, 0.4) is 0 Å². The first-order valence-electron chi connectivity index (χ1n) is 5.24. The third kappa shape index (κ3) is 3.45. The van der Waals surface area contributed by atoms with Crippen molar-refractivity contribution in [3.63, 3.8) is 0 Å². The van der Waals surface area contributed by atoms with Gasteiger partial charge in [-0.3, -0.25) is 9.59 Å². The summed E-state index contributed by atoms with van der Waals surface area (Å²) in [5, 5.41) is 19.4. The smallest absolute Gasteiger partial charge is 0.150 e. The van der Waals surface area contributed by atoms with Crippen LogP contribution in [0, 0.1) is 0 Å². The molecule has 0 radical (unpaired) electrons. The lowest BCUT2D eigenvalue weighted by atomic mass is 9.98. The Balaban J connectivity index is 3.03. The quantitative estimate of drug-likeness (QED) is 0.607. The van der Waals surface area contributed by atoms with E-state index in [1.54, 1.807) is 0 Å². The zero-order valence-electron chi connectivity index (χ0n) is 9.24. The highest BCUT2D eigenvalue weighted by Gasteiger charge is 2.18. The first kappa shape index (κ1) is 13.5. The Bertz CT molecular complexity index is 379. The van der Waals surface area contributed by atoms with Gasteiger partial charge < -0.3 is 15.9 Å². The van der Waals surface area contributed by atoms with Crippen LogP contribution in [0.25, 0.3) is 0 Å². The van der Waals surface area contributed by atoms with Crippen molar-refractivity contribution < 1.29 is 19.8 Å². The first-order chi connectivity index (χ1) is 8.12. The molecule has 0 aromatic heterocycles. The molecule has 0 amide bonds. The number of hydrogen-bond acceptors (Lipinski definition) is 5. The molecular formula is C12H15NO4. The van der Waals surface area contributed by atoms with Gasteiger partial charge in [-0.2, -0.15) is 0 Å². The van der Waals surface area contributed by atoms with E-state index in [-0.39, 0.29) is 24.1 Å². The Morgan fingerprint density at radius 3 is 2.06 bits per heavy atom. The number of hydrogen-bond donors (Lipinski definition) is 3. The SMILES string of the molecule is NCCC(O)C(O)c1cc(C=O)cc(C=O)c1. The molecule has 0 bridgehead atoms. The van der Waals surface area contributed by atoms with Crippen LogP contribution in [0.4, 0.5) is 0 Å². The highest BCUT2D eigenvalue weighted by Crippen LogP contribution is 2.20. The van der Waals surface area contributed by atoms with Gasteiger partial charge in [-0.05, 0) is 36.7 Å². The van der Waals surface area contributed by atoms with Crippen molar-refractivity contribution in [2.75, 3.05) is 6.54 Å². The van der Waals surface area contributed by atoms with E-state index < -0.39 is 12.2 Å². The van der Waals surface area contributed by atoms with E-state index in [9.17, 15) is 19.8 Å². The number of carbonyl (C=O) groups is 2. The molecule has 0 aliphatic heterocycles. The van der Waals surface area contributed by atoms with Crippen molar-refractivity contribution >= 4 is 12.6 Å². The van der Waals surface area contributed by atoms with Gasteiger partial charge in [0.1, 0.15) is 18.7 Å². The molecule has 1 rings (SSSR count). The van der Waals surface area contributed by atoms with Crippen molar-refractivity contribution in [1.29, 1.82) is 0 Å². The normalized spacial score (nSPS) is 14.1. The van der Waals surface area contributed by atoms with Gasteiger partial charge in [0.05, 0.1) is 6.10 Å². The molecule has 0 aliphatic rings. The summed E-state index contributed by atoms with van der Waals surface area (Å²) < 4.78 is 0. The Labute approximate surface area is 98.9 Å². The highest BCUT2D eigenvalue weighted by molar-refractivity contribution is 5.82. The van der Waals surface area contributed by atoms with E-state index in [0.717, 1.165) is 0 Å². The molecule has 0 saturated carbocycles. The summed E-state index contributed by atoms with van der Waals surface area (Å²) in [6.07, 6.45) is -0.765. The fourth-order valence-corrected chi connectivity index (χ4v) is 1.56. The molecule has 5 heteroatoms. The summed E-state index contributed by atoms with van der Waals surface area (Å²) in [6.45, 7) is 0.242. The second kappa shape index (κ2) is 6.24. The molecule has 92 valence electrons. The van der Waals surface area contributed by atoms with E-state index in [2.05, 4.69) is 0 Å². The Morgan fingerprint density at radius 1 is 1.12 bits per heavy atom. The molecular weight excluding hydrogens is 222 g/mol. The monoisotopic (exact) mass is 237 g/mol. The lowest BCUT2D eigenvalue weighted by Crippen LogP contribution is -2.22. The number of aliphatic hydroxyl groups is 2. The van der Waals surface area contributed by atoms with Crippen LogP contribution in [0.15, 0.2) is 18.2 Å². The van der Waals surface area contributed by atoms with Gasteiger partial charge in [-0.15, -0.1) is 0 Å².